The van der Waals surface area contributed by atoms with Crippen molar-refractivity contribution in [2.24, 2.45) is 0 Å². The molecule has 0 radical (unpaired) electrons. The third-order valence-electron chi connectivity index (χ3n) is 6.01. The van der Waals surface area contributed by atoms with E-state index in [0.717, 1.165) is 63.4 Å². The number of benzene rings is 2. The smallest absolute Gasteiger partial charge is 0.258 e. The molecule has 2 heterocycles. The second-order valence-corrected chi connectivity index (χ2v) is 8.23. The minimum atomic E-state index is -0.235. The van der Waals surface area contributed by atoms with E-state index in [9.17, 15) is 9.59 Å². The average Bonchev–Trinajstić information content (AvgIpc) is 2.90. The van der Waals surface area contributed by atoms with E-state index in [0.29, 0.717) is 23.2 Å². The van der Waals surface area contributed by atoms with Gasteiger partial charge in [-0.1, -0.05) is 30.7 Å². The summed E-state index contributed by atoms with van der Waals surface area (Å²) in [6.07, 6.45) is 3.47. The van der Waals surface area contributed by atoms with Gasteiger partial charge in [-0.15, -0.1) is 0 Å². The van der Waals surface area contributed by atoms with Crippen LogP contribution in [0.3, 0.4) is 0 Å². The van der Waals surface area contributed by atoms with Gasteiger partial charge in [-0.05, 0) is 44.6 Å². The van der Waals surface area contributed by atoms with Crippen LogP contribution in [0, 0.1) is 0 Å². The molecule has 2 N–H and O–H groups in total. The van der Waals surface area contributed by atoms with Gasteiger partial charge >= 0.3 is 0 Å². The summed E-state index contributed by atoms with van der Waals surface area (Å²) in [5.74, 6) is -0.198. The fourth-order valence-electron chi connectivity index (χ4n) is 4.17. The van der Waals surface area contributed by atoms with Crippen molar-refractivity contribution in [3.8, 4) is 0 Å². The van der Waals surface area contributed by atoms with Crippen LogP contribution in [0.5, 0.6) is 0 Å². The SMILES string of the molecule is CN1CCN(CCCCCC(=O)c2cccc3c2C(=O)Nc2ccccc2N3)CC1. The van der Waals surface area contributed by atoms with Gasteiger partial charge in [0.15, 0.2) is 5.78 Å². The summed E-state index contributed by atoms with van der Waals surface area (Å²) in [5, 5.41) is 6.23. The standard InChI is InChI=1S/C24H30N4O2/c1-27-14-16-28(17-15-27)13-6-2-3-12-22(29)18-8-7-11-21-23(18)24(30)26-20-10-5-4-9-19(20)25-21/h4-5,7-11,25H,2-3,6,12-17H2,1H3,(H,26,30). The summed E-state index contributed by atoms with van der Waals surface area (Å²) in [6, 6.07) is 13.0. The highest BCUT2D eigenvalue weighted by molar-refractivity contribution is 6.18. The lowest BCUT2D eigenvalue weighted by Crippen LogP contribution is -2.44. The molecular formula is C24H30N4O2. The maximum absolute atomic E-state index is 12.9. The van der Waals surface area contributed by atoms with Gasteiger partial charge < -0.3 is 20.4 Å². The molecule has 1 amide bonds. The van der Waals surface area contributed by atoms with Crippen molar-refractivity contribution in [3.05, 3.63) is 53.6 Å². The number of nitrogens with one attached hydrogen (secondary N) is 2. The first-order chi connectivity index (χ1) is 14.6. The Labute approximate surface area is 178 Å². The van der Waals surface area contributed by atoms with Crippen LogP contribution >= 0.6 is 0 Å². The molecule has 0 saturated carbocycles. The van der Waals surface area contributed by atoms with E-state index >= 15 is 0 Å². The molecule has 0 bridgehead atoms. The van der Waals surface area contributed by atoms with E-state index in [1.807, 2.05) is 36.4 Å². The molecule has 4 rings (SSSR count). The molecule has 158 valence electrons. The molecule has 0 unspecified atom stereocenters. The van der Waals surface area contributed by atoms with Gasteiger partial charge in [0, 0.05) is 38.2 Å². The van der Waals surface area contributed by atoms with Crippen molar-refractivity contribution >= 4 is 28.8 Å². The van der Waals surface area contributed by atoms with Gasteiger partial charge in [-0.2, -0.15) is 0 Å². The van der Waals surface area contributed by atoms with Crippen LogP contribution in [0.1, 0.15) is 46.4 Å². The van der Waals surface area contributed by atoms with Gasteiger partial charge in [0.05, 0.1) is 22.6 Å². The zero-order valence-corrected chi connectivity index (χ0v) is 17.6. The molecule has 0 atom stereocenters. The fraction of sp³-hybridized carbons (Fsp3) is 0.417. The van der Waals surface area contributed by atoms with Crippen LogP contribution in [0.15, 0.2) is 42.5 Å². The number of ketones is 1. The Morgan fingerprint density at radius 3 is 2.33 bits per heavy atom. The number of unbranched alkanes of at least 4 members (excludes halogenated alkanes) is 2. The largest absolute Gasteiger partial charge is 0.353 e. The maximum atomic E-state index is 12.9. The summed E-state index contributed by atoms with van der Waals surface area (Å²) in [7, 11) is 2.17. The first kappa shape index (κ1) is 20.6. The lowest BCUT2D eigenvalue weighted by atomic mass is 9.97. The van der Waals surface area contributed by atoms with Gasteiger partial charge in [0.1, 0.15) is 0 Å². The van der Waals surface area contributed by atoms with Crippen LogP contribution in [0.2, 0.25) is 0 Å². The van der Waals surface area contributed by atoms with Gasteiger partial charge in [0.2, 0.25) is 0 Å². The number of likely N-dealkylation sites (N-methyl/N-ethyl adjacent to an activating group) is 1. The van der Waals surface area contributed by atoms with Crippen molar-refractivity contribution in [1.29, 1.82) is 0 Å². The Kier molecular flexibility index (Phi) is 6.45. The molecule has 0 spiro atoms. The van der Waals surface area contributed by atoms with E-state index in [4.69, 9.17) is 0 Å². The number of para-hydroxylation sites is 2. The number of hydrogen-bond acceptors (Lipinski definition) is 5. The first-order valence-electron chi connectivity index (χ1n) is 10.9. The van der Waals surface area contributed by atoms with Crippen LogP contribution < -0.4 is 10.6 Å². The molecule has 6 heteroatoms. The minimum Gasteiger partial charge on any atom is -0.353 e. The van der Waals surface area contributed by atoms with Crippen LogP contribution in [-0.4, -0.2) is 61.3 Å². The van der Waals surface area contributed by atoms with Crippen molar-refractivity contribution in [1.82, 2.24) is 9.80 Å². The number of fused-ring (bicyclic) bond motifs is 2. The monoisotopic (exact) mass is 406 g/mol. The Bertz CT molecular complexity index is 919. The Balaban J connectivity index is 1.34. The number of nitrogens with zero attached hydrogens (tertiary/aromatic N) is 2. The van der Waals surface area contributed by atoms with Crippen LogP contribution in [0.25, 0.3) is 0 Å². The highest BCUT2D eigenvalue weighted by Gasteiger charge is 2.24. The second-order valence-electron chi connectivity index (χ2n) is 8.23. The molecule has 2 aliphatic rings. The molecule has 2 aliphatic heterocycles. The zero-order chi connectivity index (χ0) is 20.9. The molecule has 2 aromatic carbocycles. The average molecular weight is 407 g/mol. The molecular weight excluding hydrogens is 376 g/mol. The molecule has 2 aromatic rings. The summed E-state index contributed by atoms with van der Waals surface area (Å²) in [4.78, 5) is 30.6. The van der Waals surface area contributed by atoms with E-state index in [1.54, 1.807) is 6.07 Å². The quantitative estimate of drug-likeness (QED) is 0.538. The topological polar surface area (TPSA) is 64.7 Å². The highest BCUT2D eigenvalue weighted by Crippen LogP contribution is 2.33. The predicted molar refractivity (Wildman–Crippen MR) is 121 cm³/mol. The summed E-state index contributed by atoms with van der Waals surface area (Å²) in [5.41, 5.74) is 3.18. The van der Waals surface area contributed by atoms with Crippen molar-refractivity contribution in [3.63, 3.8) is 0 Å². The van der Waals surface area contributed by atoms with Crippen molar-refractivity contribution < 1.29 is 9.59 Å². The molecule has 30 heavy (non-hydrogen) atoms. The van der Waals surface area contributed by atoms with Crippen molar-refractivity contribution in [2.75, 3.05) is 50.4 Å². The minimum absolute atomic E-state index is 0.0364. The number of carbonyl (C=O) groups excluding carboxylic acids is 2. The number of carbonyl (C=O) groups is 2. The Morgan fingerprint density at radius 1 is 0.867 bits per heavy atom. The number of amides is 1. The summed E-state index contributed by atoms with van der Waals surface area (Å²) < 4.78 is 0. The first-order valence-corrected chi connectivity index (χ1v) is 10.9. The lowest BCUT2D eigenvalue weighted by Gasteiger charge is -2.32. The molecule has 1 saturated heterocycles. The van der Waals surface area contributed by atoms with E-state index < -0.39 is 0 Å². The van der Waals surface area contributed by atoms with E-state index in [2.05, 4.69) is 27.5 Å². The molecule has 0 aromatic heterocycles. The highest BCUT2D eigenvalue weighted by atomic mass is 16.2. The van der Waals surface area contributed by atoms with Crippen molar-refractivity contribution in [2.45, 2.75) is 25.7 Å². The summed E-state index contributed by atoms with van der Waals surface area (Å²) >= 11 is 0. The number of rotatable bonds is 7. The lowest BCUT2D eigenvalue weighted by molar-refractivity contribution is 0.0961. The zero-order valence-electron chi connectivity index (χ0n) is 17.6. The Morgan fingerprint density at radius 2 is 1.57 bits per heavy atom. The molecule has 6 nitrogen and oxygen atoms in total. The van der Waals surface area contributed by atoms with Gasteiger partial charge in [-0.25, -0.2) is 0 Å². The third-order valence-corrected chi connectivity index (χ3v) is 6.01. The fourth-order valence-corrected chi connectivity index (χ4v) is 4.17. The van der Waals surface area contributed by atoms with E-state index in [-0.39, 0.29) is 11.7 Å². The van der Waals surface area contributed by atoms with Crippen LogP contribution in [-0.2, 0) is 0 Å². The molecule has 1 fully saturated rings. The number of hydrogen-bond donors (Lipinski definition) is 2. The van der Waals surface area contributed by atoms with Gasteiger partial charge in [0.25, 0.3) is 5.91 Å². The Hall–Kier alpha value is -2.70. The summed E-state index contributed by atoms with van der Waals surface area (Å²) in [6.45, 7) is 5.65. The van der Waals surface area contributed by atoms with Crippen LogP contribution in [0.4, 0.5) is 17.1 Å². The molecule has 0 aliphatic carbocycles. The predicted octanol–water partition coefficient (Wildman–Crippen LogP) is 3.99. The van der Waals surface area contributed by atoms with E-state index in [1.165, 1.54) is 0 Å². The number of anilines is 3. The number of Topliss-reactive ketones (excluding diaryl/α,β-unsaturated/α-hetero) is 1. The maximum Gasteiger partial charge on any atom is 0.258 e. The second kappa shape index (κ2) is 9.41. The normalized spacial score (nSPS) is 16.8. The van der Waals surface area contributed by atoms with Gasteiger partial charge in [-0.3, -0.25) is 9.59 Å². The number of piperazine rings is 1. The third kappa shape index (κ3) is 4.71.